The van der Waals surface area contributed by atoms with Gasteiger partial charge in [-0.15, -0.1) is 11.8 Å². The van der Waals surface area contributed by atoms with Gasteiger partial charge in [0.15, 0.2) is 0 Å². The van der Waals surface area contributed by atoms with Crippen LogP contribution in [0, 0.1) is 42.3 Å². The van der Waals surface area contributed by atoms with Crippen molar-refractivity contribution in [2.45, 2.75) is 62.3 Å². The molecule has 1 saturated heterocycles. The van der Waals surface area contributed by atoms with Gasteiger partial charge in [0.2, 0.25) is 17.7 Å². The molecule has 2 saturated carbocycles. The largest absolute Gasteiger partial charge is 0.325 e. The van der Waals surface area contributed by atoms with E-state index in [4.69, 9.17) is 0 Å². The predicted octanol–water partition coefficient (Wildman–Crippen LogP) is 6.97. The highest BCUT2D eigenvalue weighted by Crippen LogP contribution is 2.69. The first-order valence-electron chi connectivity index (χ1n) is 16.4. The summed E-state index contributed by atoms with van der Waals surface area (Å²) in [6.07, 6.45) is 0.789. The molecule has 3 amide bonds. The van der Waals surface area contributed by atoms with Crippen LogP contribution in [0.25, 0.3) is 0 Å². The Hall–Kier alpha value is -4.02. The molecule has 10 heteroatoms. The molecule has 246 valence electrons. The number of carbonyl (C=O) groups excluding carboxylic acids is 3. The van der Waals surface area contributed by atoms with Crippen LogP contribution >= 0.6 is 23.1 Å². The van der Waals surface area contributed by atoms with Crippen LogP contribution in [0.5, 0.6) is 0 Å². The maximum atomic E-state index is 14.1. The topological polar surface area (TPSA) is 88.5 Å². The number of carbonyl (C=O) groups is 3. The van der Waals surface area contributed by atoms with Crippen LogP contribution in [0.3, 0.4) is 0 Å². The number of amides is 3. The van der Waals surface area contributed by atoms with Crippen LogP contribution in [0.4, 0.5) is 15.8 Å². The van der Waals surface area contributed by atoms with Crippen molar-refractivity contribution in [3.05, 3.63) is 110 Å². The molecule has 48 heavy (non-hydrogen) atoms. The minimum Gasteiger partial charge on any atom is -0.325 e. The van der Waals surface area contributed by atoms with Gasteiger partial charge in [-0.1, -0.05) is 74.1 Å². The summed E-state index contributed by atoms with van der Waals surface area (Å²) in [6.45, 7) is 8.33. The Morgan fingerprint density at radius 3 is 2.19 bits per heavy atom. The van der Waals surface area contributed by atoms with Gasteiger partial charge in [-0.2, -0.15) is 0 Å². The highest BCUT2D eigenvalue weighted by atomic mass is 32.2. The fourth-order valence-corrected chi connectivity index (χ4v) is 11.8. The number of aromatic nitrogens is 1. The van der Waals surface area contributed by atoms with Crippen molar-refractivity contribution in [3.8, 4) is 0 Å². The molecule has 3 fully saturated rings. The average molecular weight is 682 g/mol. The van der Waals surface area contributed by atoms with Gasteiger partial charge >= 0.3 is 4.87 Å². The molecule has 0 radical (unpaired) electrons. The molecule has 0 spiro atoms. The smallest absolute Gasteiger partial charge is 0.308 e. The monoisotopic (exact) mass is 681 g/mol. The highest BCUT2D eigenvalue weighted by Gasteiger charge is 2.69. The van der Waals surface area contributed by atoms with E-state index in [0.29, 0.717) is 11.4 Å². The second-order valence-electron chi connectivity index (χ2n) is 14.7. The maximum absolute atomic E-state index is 14.1. The van der Waals surface area contributed by atoms with E-state index in [1.807, 2.05) is 31.2 Å². The van der Waals surface area contributed by atoms with Gasteiger partial charge < -0.3 is 5.32 Å². The number of thioether (sulfide) groups is 1. The number of nitrogens with one attached hydrogen (secondary N) is 1. The number of benzene rings is 3. The molecule has 7 atom stereocenters. The first-order chi connectivity index (χ1) is 22.9. The number of imide groups is 1. The van der Waals surface area contributed by atoms with Crippen molar-refractivity contribution in [2.75, 3.05) is 10.2 Å². The van der Waals surface area contributed by atoms with Crippen LogP contribution in [0.2, 0.25) is 0 Å². The van der Waals surface area contributed by atoms with E-state index in [0.717, 1.165) is 27.5 Å². The van der Waals surface area contributed by atoms with Crippen LogP contribution in [0.15, 0.2) is 82.6 Å². The summed E-state index contributed by atoms with van der Waals surface area (Å²) in [7, 11) is 0. The van der Waals surface area contributed by atoms with Crippen molar-refractivity contribution < 1.29 is 18.8 Å². The normalized spacial score (nSPS) is 27.2. The molecular formula is C38H36FN3O4S2. The predicted molar refractivity (Wildman–Crippen MR) is 186 cm³/mol. The van der Waals surface area contributed by atoms with E-state index in [9.17, 15) is 23.6 Å². The molecule has 8 rings (SSSR count). The van der Waals surface area contributed by atoms with Crippen molar-refractivity contribution in [1.29, 1.82) is 0 Å². The van der Waals surface area contributed by atoms with Crippen LogP contribution < -0.4 is 15.1 Å². The zero-order valence-electron chi connectivity index (χ0n) is 27.1. The number of aryl methyl sites for hydroxylation is 1. The van der Waals surface area contributed by atoms with Crippen molar-refractivity contribution in [3.63, 3.8) is 0 Å². The minimum absolute atomic E-state index is 0.00253. The molecular weight excluding hydrogens is 646 g/mol. The van der Waals surface area contributed by atoms with Crippen LogP contribution in [-0.4, -0.2) is 27.5 Å². The number of halogens is 1. The molecule has 2 bridgehead atoms. The Morgan fingerprint density at radius 2 is 1.54 bits per heavy atom. The maximum Gasteiger partial charge on any atom is 0.308 e. The molecule has 4 aromatic rings. The van der Waals surface area contributed by atoms with E-state index in [2.05, 4.69) is 50.4 Å². The number of fused-ring (bicyclic) bond motifs is 9. The fraction of sp³-hybridized carbons (Fsp3) is 0.368. The van der Waals surface area contributed by atoms with Gasteiger partial charge in [-0.3, -0.25) is 28.6 Å². The molecule has 1 N–H and O–H groups in total. The van der Waals surface area contributed by atoms with E-state index < -0.39 is 11.7 Å². The second kappa shape index (κ2) is 11.3. The van der Waals surface area contributed by atoms with Gasteiger partial charge in [0.05, 0.1) is 22.5 Å². The second-order valence-corrected chi connectivity index (χ2v) is 16.8. The zero-order valence-corrected chi connectivity index (χ0v) is 28.7. The number of hydrogen-bond donors (Lipinski definition) is 1. The first-order valence-corrected chi connectivity index (χ1v) is 18.1. The molecule has 2 aliphatic carbocycles. The summed E-state index contributed by atoms with van der Waals surface area (Å²) in [4.78, 5) is 57.1. The molecule has 4 aliphatic rings. The van der Waals surface area contributed by atoms with Gasteiger partial charge in [0, 0.05) is 21.7 Å². The summed E-state index contributed by atoms with van der Waals surface area (Å²) in [5.74, 6) is -1.92. The third-order valence-corrected chi connectivity index (χ3v) is 13.6. The lowest BCUT2D eigenvalue weighted by Crippen LogP contribution is -2.43. The van der Waals surface area contributed by atoms with E-state index in [1.165, 1.54) is 46.1 Å². The van der Waals surface area contributed by atoms with Gasteiger partial charge in [0.25, 0.3) is 0 Å². The Labute approximate surface area is 286 Å². The van der Waals surface area contributed by atoms with E-state index in [1.54, 1.807) is 16.3 Å². The third-order valence-electron chi connectivity index (χ3n) is 10.8. The van der Waals surface area contributed by atoms with E-state index in [-0.39, 0.29) is 69.4 Å². The molecule has 2 aliphatic heterocycles. The summed E-state index contributed by atoms with van der Waals surface area (Å²) < 4.78 is 15.0. The van der Waals surface area contributed by atoms with Gasteiger partial charge in [-0.05, 0) is 84.0 Å². The number of rotatable bonds is 5. The standard InChI is InChI=1S/C38H36FN3O4S2/c1-19-5-15-24(16-6-19)42-34(44)30-25-17-26(31(30)35(42)45)32-29(25)28(20-7-9-21(10-8-20)38(2,3)4)33-36(47-32)41(37(46)48-33)18-27(43)40-23-13-11-22(39)12-14-23/h5-16,25-26,28-32H,17-18H2,1-4H3,(H,40,43). The summed E-state index contributed by atoms with van der Waals surface area (Å²) in [6, 6.07) is 21.7. The highest BCUT2D eigenvalue weighted by molar-refractivity contribution is 8.00. The Bertz CT molecular complexity index is 2010. The fourth-order valence-electron chi connectivity index (χ4n) is 8.64. The van der Waals surface area contributed by atoms with Gasteiger partial charge in [0.1, 0.15) is 12.4 Å². The molecule has 7 nitrogen and oxygen atoms in total. The van der Waals surface area contributed by atoms with Gasteiger partial charge in [-0.25, -0.2) is 4.39 Å². The quantitative estimate of drug-likeness (QED) is 0.230. The Balaban J connectivity index is 1.18. The number of thiazole rings is 1. The number of nitrogens with zero attached hydrogens (tertiary/aromatic N) is 2. The first kappa shape index (κ1) is 31.3. The van der Waals surface area contributed by atoms with Crippen molar-refractivity contribution >= 4 is 52.2 Å². The number of anilines is 2. The Kier molecular flexibility index (Phi) is 7.34. The van der Waals surface area contributed by atoms with Crippen molar-refractivity contribution in [2.24, 2.45) is 29.6 Å². The molecule has 3 heterocycles. The number of hydrogen-bond acceptors (Lipinski definition) is 6. The zero-order chi connectivity index (χ0) is 33.6. The molecule has 7 unspecified atom stereocenters. The van der Waals surface area contributed by atoms with Crippen molar-refractivity contribution in [1.82, 2.24) is 4.57 Å². The summed E-state index contributed by atoms with van der Waals surface area (Å²) in [5.41, 5.74) is 4.38. The van der Waals surface area contributed by atoms with Crippen LogP contribution in [0.1, 0.15) is 54.7 Å². The molecule has 1 aromatic heterocycles. The van der Waals surface area contributed by atoms with Crippen LogP contribution in [-0.2, 0) is 26.3 Å². The lowest BCUT2D eigenvalue weighted by atomic mass is 9.68. The lowest BCUT2D eigenvalue weighted by Gasteiger charge is -2.43. The SMILES string of the molecule is Cc1ccc(N2C(=O)C3C4CC(C3C2=O)C2C(c3ccc(C(C)(C)C)cc3)c3sc(=O)n(CC(=O)Nc5ccc(F)cc5)c3SC42)cc1. The summed E-state index contributed by atoms with van der Waals surface area (Å²) in [5, 5.41) is 3.56. The molecule has 3 aromatic carbocycles. The minimum atomic E-state index is -0.402. The Morgan fingerprint density at radius 1 is 0.896 bits per heavy atom. The summed E-state index contributed by atoms with van der Waals surface area (Å²) >= 11 is 2.78. The third kappa shape index (κ3) is 4.90. The average Bonchev–Trinajstić information content (AvgIpc) is 3.77. The van der Waals surface area contributed by atoms with E-state index >= 15 is 0 Å². The lowest BCUT2D eigenvalue weighted by molar-refractivity contribution is -0.123.